The summed E-state index contributed by atoms with van der Waals surface area (Å²) in [5, 5.41) is 21.4. The third kappa shape index (κ3) is 21.7. The molecule has 1 saturated heterocycles. The van der Waals surface area contributed by atoms with Crippen LogP contribution < -0.4 is 5.46 Å². The van der Waals surface area contributed by atoms with Gasteiger partial charge in [0.2, 0.25) is 5.78 Å². The number of carboxylic acid groups (broad SMARTS) is 1. The Morgan fingerprint density at radius 1 is 0.622 bits per heavy atom. The van der Waals surface area contributed by atoms with Gasteiger partial charge in [-0.2, -0.15) is 10.2 Å². The summed E-state index contributed by atoms with van der Waals surface area (Å²) in [5.74, 6) is -4.47. The van der Waals surface area contributed by atoms with Gasteiger partial charge >= 0.3 is 19.1 Å². The van der Waals surface area contributed by atoms with Crippen molar-refractivity contribution in [3.63, 3.8) is 0 Å². The Kier molecular flexibility index (Phi) is 29.3. The van der Waals surface area contributed by atoms with Crippen molar-refractivity contribution in [3.05, 3.63) is 272 Å². The van der Waals surface area contributed by atoms with Gasteiger partial charge in [0.1, 0.15) is 34.5 Å². The highest BCUT2D eigenvalue weighted by molar-refractivity contribution is 9.11. The molecule has 1 fully saturated rings. The number of carboxylic acids is 1. The SMILES string of the molecule is COC(=O)[C@@H](OC(C)(C)C)c1c(C)cc2nc(Br)sc2c1-c1ccc(Cl)cc1.CON(C)C(=O)c1cc(Br)ccc1F.Cn1nc(-c2ccccn2)c2cc(B3OC(C)(C)C(C)(C)O3)ccc21.Cn1nc(-c2ccccn2)c2cc(Br)ccc21.O=C(O)c1cc(Br)ccc1F.O=C(c1ccccn1)c1cc(Br)ccc1F. The Morgan fingerprint density at radius 3 is 1.59 bits per heavy atom. The van der Waals surface area contributed by atoms with Crippen LogP contribution in [0.5, 0.6) is 0 Å². The van der Waals surface area contributed by atoms with Crippen LogP contribution in [0, 0.1) is 24.4 Å². The van der Waals surface area contributed by atoms with Gasteiger partial charge in [0, 0.05) is 84.5 Å². The predicted octanol–water partition coefficient (Wildman–Crippen LogP) is 20.8. The second-order valence-corrected chi connectivity index (χ2v) is 32.9. The number of methoxy groups -OCH3 is 1. The van der Waals surface area contributed by atoms with Gasteiger partial charge in [-0.25, -0.2) is 32.8 Å². The Bertz CT molecular complexity index is 5500. The number of aryl methyl sites for hydroxylation is 3. The van der Waals surface area contributed by atoms with E-state index >= 15 is 0 Å². The maximum atomic E-state index is 13.4. The number of aromatic carboxylic acids is 1. The van der Waals surface area contributed by atoms with Crippen LogP contribution >= 0.6 is 103 Å². The number of halogens is 9. The summed E-state index contributed by atoms with van der Waals surface area (Å²) in [6, 6.07) is 50.7. The molecule has 0 saturated carbocycles. The average molecular weight is 1870 g/mol. The number of fused-ring (bicyclic) bond motifs is 3. The van der Waals surface area contributed by atoms with Crippen molar-refractivity contribution in [2.24, 2.45) is 14.1 Å². The van der Waals surface area contributed by atoms with Gasteiger partial charge in [-0.3, -0.25) is 38.7 Å². The molecule has 0 bridgehead atoms. The highest BCUT2D eigenvalue weighted by atomic mass is 79.9. The lowest BCUT2D eigenvalue weighted by atomic mass is 9.78. The minimum atomic E-state index is -1.26. The molecule has 1 amide bonds. The third-order valence-corrected chi connectivity index (χ3v) is 20.9. The van der Waals surface area contributed by atoms with E-state index in [4.69, 9.17) is 35.5 Å². The first-order valence-corrected chi connectivity index (χ1v) is 38.9. The first-order chi connectivity index (χ1) is 52.5. The van der Waals surface area contributed by atoms with Crippen molar-refractivity contribution < 1.29 is 61.1 Å². The number of thiazole rings is 1. The molecular formula is C81H73BBr5ClF3N9O10S. The third-order valence-electron chi connectivity index (χ3n) is 17.2. The van der Waals surface area contributed by atoms with Crippen molar-refractivity contribution in [1.82, 2.24) is 44.6 Å². The van der Waals surface area contributed by atoms with Crippen molar-refractivity contribution in [1.29, 1.82) is 0 Å². The molecule has 13 aromatic rings. The van der Waals surface area contributed by atoms with Crippen molar-refractivity contribution in [2.75, 3.05) is 21.3 Å². The van der Waals surface area contributed by atoms with Crippen molar-refractivity contribution >= 4 is 171 Å². The van der Waals surface area contributed by atoms with E-state index in [-0.39, 0.29) is 40.7 Å². The number of carbonyl (C=O) groups is 4. The molecule has 19 nitrogen and oxygen atoms in total. The lowest BCUT2D eigenvalue weighted by Gasteiger charge is -2.32. The number of hydroxylamine groups is 2. The van der Waals surface area contributed by atoms with E-state index < -0.39 is 52.8 Å². The average Bonchev–Trinajstić information content (AvgIpc) is 1.72. The molecule has 1 aliphatic rings. The normalized spacial score (nSPS) is 12.9. The quantitative estimate of drug-likeness (QED) is 0.0519. The number of nitrogens with zero attached hydrogens (tertiary/aromatic N) is 9. The van der Waals surface area contributed by atoms with Gasteiger partial charge in [0.25, 0.3) is 5.91 Å². The fourth-order valence-electron chi connectivity index (χ4n) is 11.0. The van der Waals surface area contributed by atoms with Crippen molar-refractivity contribution in [2.45, 2.75) is 78.3 Å². The topological polar surface area (TPSA) is 225 Å². The zero-order valence-corrected chi connectivity index (χ0v) is 71.6. The molecule has 0 unspecified atom stereocenters. The number of hydrogen-bond acceptors (Lipinski definition) is 16. The van der Waals surface area contributed by atoms with Crippen molar-refractivity contribution in [3.8, 4) is 33.9 Å². The highest BCUT2D eigenvalue weighted by Gasteiger charge is 2.52. The maximum Gasteiger partial charge on any atom is 0.494 e. The van der Waals surface area contributed by atoms with Gasteiger partial charge in [-0.1, -0.05) is 118 Å². The van der Waals surface area contributed by atoms with Crippen LogP contribution in [-0.4, -0.2) is 118 Å². The molecule has 6 aromatic heterocycles. The van der Waals surface area contributed by atoms with Gasteiger partial charge in [-0.15, -0.1) is 11.3 Å². The first kappa shape index (κ1) is 86.3. The first-order valence-electron chi connectivity index (χ1n) is 33.7. The van der Waals surface area contributed by atoms with E-state index in [1.807, 2.05) is 130 Å². The summed E-state index contributed by atoms with van der Waals surface area (Å²) >= 11 is 24.0. The molecule has 1 N–H and O–H groups in total. The number of pyridine rings is 3. The summed E-state index contributed by atoms with van der Waals surface area (Å²) in [4.78, 5) is 68.4. The standard InChI is InChI=1S/C21H21BrClNO3S.C19H22BN3O2.C13H10BrN3.C12H7BrFNO.C9H9BrFNO2.C7H4BrFO2/c1-11-10-14-18(28-20(22)24-14)16(12-6-8-13(23)9-7-12)15(11)17(19(25)26-5)27-21(2,3)4;1-18(2)19(3,4)25-20(24-18)13-9-10-16-14(12-13)17(22-23(16)5)15-8-6-7-11-21-15;1-17-12-6-5-9(14)8-10(12)13(16-17)11-4-2-3-7-15-11;13-8-4-5-10(14)9(7-8)12(16)11-3-1-2-6-15-11;1-12(14-2)9(13)7-5-6(10)3-4-8(7)11;8-4-1-2-6(9)5(3-4)7(10)11/h6-10,17H,1-5H3;6-12H,1-5H3;2-8H,1H3;1-7H;3-5H,1-2H3;1-3H,(H,10,11)/t17-;;;;;/m0...../s1. The Balaban J connectivity index is 0.000000157. The Labute approximate surface area is 690 Å². The molecule has 574 valence electrons. The zero-order chi connectivity index (χ0) is 81.0. The molecule has 1 atom stereocenters. The summed E-state index contributed by atoms with van der Waals surface area (Å²) in [6.07, 6.45) is 4.21. The summed E-state index contributed by atoms with van der Waals surface area (Å²) in [7, 11) is 7.65. The number of rotatable bonds is 12. The zero-order valence-electron chi connectivity index (χ0n) is 62.1. The second-order valence-electron chi connectivity index (χ2n) is 26.5. The molecule has 7 heterocycles. The number of benzene rings is 7. The van der Waals surface area contributed by atoms with Gasteiger partial charge in [0.05, 0.1) is 80.4 Å². The molecule has 30 heteroatoms. The highest BCUT2D eigenvalue weighted by Crippen LogP contribution is 2.44. The van der Waals surface area contributed by atoms with Crippen LogP contribution in [0.1, 0.15) is 102 Å². The number of amides is 1. The van der Waals surface area contributed by atoms with Gasteiger partial charge in [-0.05, 0) is 221 Å². The lowest BCUT2D eigenvalue weighted by molar-refractivity contribution is -0.164. The fraction of sp³-hybridized carbons (Fsp3) is 0.210. The number of ketones is 1. The number of carbonyl (C=O) groups excluding carboxylic acids is 3. The molecule has 0 spiro atoms. The van der Waals surface area contributed by atoms with Gasteiger partial charge < -0.3 is 23.9 Å². The lowest BCUT2D eigenvalue weighted by Crippen LogP contribution is -2.41. The molecule has 0 radical (unpaired) electrons. The largest absolute Gasteiger partial charge is 0.494 e. The van der Waals surface area contributed by atoms with E-state index in [1.54, 1.807) is 36.7 Å². The van der Waals surface area contributed by atoms with Crippen LogP contribution in [0.25, 0.3) is 65.9 Å². The smallest absolute Gasteiger partial charge is 0.478 e. The number of aromatic nitrogens is 8. The van der Waals surface area contributed by atoms with Crippen LogP contribution in [0.4, 0.5) is 13.2 Å². The Hall–Kier alpha value is -8.72. The van der Waals surface area contributed by atoms with Gasteiger partial charge in [0.15, 0.2) is 10.0 Å². The Morgan fingerprint density at radius 2 is 1.10 bits per heavy atom. The van der Waals surface area contributed by atoms with E-state index in [1.165, 1.54) is 81.3 Å². The number of esters is 1. The molecule has 0 aliphatic carbocycles. The van der Waals surface area contributed by atoms with E-state index in [9.17, 15) is 32.3 Å². The molecule has 1 aliphatic heterocycles. The molecular weight excluding hydrogens is 1790 g/mol. The van der Waals surface area contributed by atoms with Crippen LogP contribution in [0.3, 0.4) is 0 Å². The summed E-state index contributed by atoms with van der Waals surface area (Å²) in [5.41, 5.74) is 9.79. The fourth-order valence-corrected chi connectivity index (χ4v) is 14.1. The van der Waals surface area contributed by atoms with E-state index in [0.717, 1.165) is 102 Å². The van der Waals surface area contributed by atoms with Crippen LogP contribution in [-0.2, 0) is 42.5 Å². The molecule has 14 rings (SSSR count). The summed E-state index contributed by atoms with van der Waals surface area (Å²) < 4.78 is 71.3. The van der Waals surface area contributed by atoms with E-state index in [0.29, 0.717) is 18.4 Å². The molecule has 111 heavy (non-hydrogen) atoms. The molecule has 7 aromatic carbocycles. The maximum absolute atomic E-state index is 13.4. The van der Waals surface area contributed by atoms with Crippen LogP contribution in [0.15, 0.2) is 216 Å². The minimum Gasteiger partial charge on any atom is -0.478 e. The predicted molar refractivity (Wildman–Crippen MR) is 445 cm³/mol. The second kappa shape index (κ2) is 37.7. The minimum absolute atomic E-state index is 0.0214. The summed E-state index contributed by atoms with van der Waals surface area (Å²) in [6.45, 7) is 16.0. The number of ether oxygens (including phenoxy) is 2. The number of hydrogen-bond donors (Lipinski definition) is 1. The van der Waals surface area contributed by atoms with Crippen LogP contribution in [0.2, 0.25) is 5.02 Å². The van der Waals surface area contributed by atoms with E-state index in [2.05, 4.69) is 167 Å². The monoisotopic (exact) mass is 1860 g/mol.